The Balaban J connectivity index is 1.60. The van der Waals surface area contributed by atoms with E-state index in [0.29, 0.717) is 36.9 Å². The van der Waals surface area contributed by atoms with Crippen LogP contribution in [0.1, 0.15) is 32.1 Å². The van der Waals surface area contributed by atoms with E-state index in [1.165, 1.54) is 0 Å². The first kappa shape index (κ1) is 15.6. The van der Waals surface area contributed by atoms with Crippen LogP contribution in [-0.4, -0.2) is 30.3 Å². The van der Waals surface area contributed by atoms with E-state index in [-0.39, 0.29) is 12.0 Å². The highest BCUT2D eigenvalue weighted by Gasteiger charge is 2.20. The zero-order chi connectivity index (χ0) is 15.1. The molecule has 2 rings (SSSR count). The molecule has 0 heterocycles. The molecule has 1 aliphatic carbocycles. The van der Waals surface area contributed by atoms with Crippen molar-refractivity contribution >= 4 is 11.6 Å². The zero-order valence-corrected chi connectivity index (χ0v) is 12.3. The lowest BCUT2D eigenvalue weighted by atomic mass is 9.87. The van der Waals surface area contributed by atoms with Gasteiger partial charge in [-0.2, -0.15) is 0 Å². The van der Waals surface area contributed by atoms with Crippen LogP contribution in [0.4, 0.5) is 5.69 Å². The molecule has 0 bridgehead atoms. The molecule has 4 N–H and O–H groups in total. The van der Waals surface area contributed by atoms with Gasteiger partial charge in [0, 0.05) is 12.2 Å². The lowest BCUT2D eigenvalue weighted by Gasteiger charge is -2.25. The quantitative estimate of drug-likeness (QED) is 0.697. The Labute approximate surface area is 125 Å². The maximum atomic E-state index is 11.7. The average molecular weight is 292 g/mol. The number of hydrogen-bond donors (Lipinski definition) is 3. The fraction of sp³-hybridized carbons (Fsp3) is 0.562. The number of amides is 1. The molecule has 0 spiro atoms. The molecule has 2 unspecified atom stereocenters. The monoisotopic (exact) mass is 292 g/mol. The van der Waals surface area contributed by atoms with Gasteiger partial charge < -0.3 is 20.9 Å². The summed E-state index contributed by atoms with van der Waals surface area (Å²) in [6.45, 7) is 1.00. The van der Waals surface area contributed by atoms with Crippen molar-refractivity contribution in [2.45, 2.75) is 38.2 Å². The second-order valence-corrected chi connectivity index (χ2v) is 5.66. The van der Waals surface area contributed by atoms with E-state index >= 15 is 0 Å². The molecule has 0 aliphatic heterocycles. The Morgan fingerprint density at radius 2 is 2.10 bits per heavy atom. The molecule has 1 fully saturated rings. The second kappa shape index (κ2) is 7.88. The van der Waals surface area contributed by atoms with Crippen molar-refractivity contribution in [2.24, 2.45) is 5.92 Å². The summed E-state index contributed by atoms with van der Waals surface area (Å²) in [6, 6.07) is 7.11. The molecule has 5 nitrogen and oxygen atoms in total. The Morgan fingerprint density at radius 3 is 2.81 bits per heavy atom. The van der Waals surface area contributed by atoms with Crippen molar-refractivity contribution in [1.29, 1.82) is 0 Å². The first-order valence-electron chi connectivity index (χ1n) is 7.56. The molecule has 0 saturated heterocycles. The summed E-state index contributed by atoms with van der Waals surface area (Å²) in [4.78, 5) is 11.7. The van der Waals surface area contributed by atoms with Gasteiger partial charge in [-0.1, -0.05) is 6.42 Å². The maximum absolute atomic E-state index is 11.7. The van der Waals surface area contributed by atoms with Crippen LogP contribution >= 0.6 is 0 Å². The first-order valence-corrected chi connectivity index (χ1v) is 7.56. The summed E-state index contributed by atoms with van der Waals surface area (Å²) in [7, 11) is 0. The third-order valence-electron chi connectivity index (χ3n) is 3.82. The number of carbonyl (C=O) groups excluding carboxylic acids is 1. The SMILES string of the molecule is Nc1ccc(OCCC(=O)NCC2CCCC(O)C2)cc1. The minimum atomic E-state index is -0.200. The van der Waals surface area contributed by atoms with E-state index in [4.69, 9.17) is 10.5 Å². The van der Waals surface area contributed by atoms with Gasteiger partial charge in [0.2, 0.25) is 5.91 Å². The van der Waals surface area contributed by atoms with Crippen LogP contribution in [0.2, 0.25) is 0 Å². The number of nitrogens with one attached hydrogen (secondary N) is 1. The number of benzene rings is 1. The Hall–Kier alpha value is -1.75. The number of aliphatic hydroxyl groups is 1. The van der Waals surface area contributed by atoms with Gasteiger partial charge in [0.25, 0.3) is 0 Å². The molecule has 2 atom stereocenters. The lowest BCUT2D eigenvalue weighted by molar-refractivity contribution is -0.121. The van der Waals surface area contributed by atoms with E-state index in [9.17, 15) is 9.90 Å². The van der Waals surface area contributed by atoms with Crippen LogP contribution in [-0.2, 0) is 4.79 Å². The molecule has 21 heavy (non-hydrogen) atoms. The molecule has 1 aromatic carbocycles. The minimum Gasteiger partial charge on any atom is -0.493 e. The van der Waals surface area contributed by atoms with Crippen molar-refractivity contribution in [3.63, 3.8) is 0 Å². The van der Waals surface area contributed by atoms with Crippen LogP contribution < -0.4 is 15.8 Å². The molecular weight excluding hydrogens is 268 g/mol. The third kappa shape index (κ3) is 5.63. The van der Waals surface area contributed by atoms with Gasteiger partial charge in [0.1, 0.15) is 5.75 Å². The topological polar surface area (TPSA) is 84.6 Å². The first-order chi connectivity index (χ1) is 10.1. The molecular formula is C16H24N2O3. The van der Waals surface area contributed by atoms with Crippen LogP contribution in [0, 0.1) is 5.92 Å². The highest BCUT2D eigenvalue weighted by molar-refractivity contribution is 5.75. The smallest absolute Gasteiger partial charge is 0.223 e. The van der Waals surface area contributed by atoms with Crippen molar-refractivity contribution in [1.82, 2.24) is 5.32 Å². The summed E-state index contributed by atoms with van der Waals surface area (Å²) in [5, 5.41) is 12.5. The molecule has 0 radical (unpaired) electrons. The zero-order valence-electron chi connectivity index (χ0n) is 12.3. The fourth-order valence-electron chi connectivity index (χ4n) is 2.62. The Kier molecular flexibility index (Phi) is 5.87. The fourth-order valence-corrected chi connectivity index (χ4v) is 2.62. The van der Waals surface area contributed by atoms with Crippen molar-refractivity contribution < 1.29 is 14.6 Å². The van der Waals surface area contributed by atoms with Crippen LogP contribution in [0.5, 0.6) is 5.75 Å². The number of nitrogen functional groups attached to an aromatic ring is 1. The predicted octanol–water partition coefficient (Wildman–Crippen LogP) is 1.70. The van der Waals surface area contributed by atoms with Crippen LogP contribution in [0.15, 0.2) is 24.3 Å². The summed E-state index contributed by atoms with van der Waals surface area (Å²) >= 11 is 0. The molecule has 0 aromatic heterocycles. The third-order valence-corrected chi connectivity index (χ3v) is 3.82. The number of aliphatic hydroxyl groups excluding tert-OH is 1. The number of rotatable bonds is 6. The normalized spacial score (nSPS) is 21.8. The summed E-state index contributed by atoms with van der Waals surface area (Å²) in [6.07, 6.45) is 3.94. The summed E-state index contributed by atoms with van der Waals surface area (Å²) < 4.78 is 5.48. The molecule has 1 amide bonds. The molecule has 116 valence electrons. The summed E-state index contributed by atoms with van der Waals surface area (Å²) in [5.74, 6) is 1.11. The van der Waals surface area contributed by atoms with Gasteiger partial charge in [-0.15, -0.1) is 0 Å². The van der Waals surface area contributed by atoms with E-state index < -0.39 is 0 Å². The highest BCUT2D eigenvalue weighted by atomic mass is 16.5. The van der Waals surface area contributed by atoms with Gasteiger partial charge in [-0.25, -0.2) is 0 Å². The van der Waals surface area contributed by atoms with E-state index in [0.717, 1.165) is 25.7 Å². The van der Waals surface area contributed by atoms with Crippen molar-refractivity contribution in [2.75, 3.05) is 18.9 Å². The molecule has 5 heteroatoms. The van der Waals surface area contributed by atoms with Gasteiger partial charge in [0.15, 0.2) is 0 Å². The minimum absolute atomic E-state index is 0.00879. The van der Waals surface area contributed by atoms with E-state index in [1.54, 1.807) is 24.3 Å². The molecule has 1 aliphatic rings. The number of anilines is 1. The average Bonchev–Trinajstić information content (AvgIpc) is 2.47. The Morgan fingerprint density at radius 1 is 1.33 bits per heavy atom. The number of ether oxygens (including phenoxy) is 1. The maximum Gasteiger partial charge on any atom is 0.223 e. The number of nitrogens with two attached hydrogens (primary N) is 1. The number of hydrogen-bond acceptors (Lipinski definition) is 4. The Bertz CT molecular complexity index is 447. The van der Waals surface area contributed by atoms with Gasteiger partial charge in [0.05, 0.1) is 19.1 Å². The molecule has 1 aromatic rings. The van der Waals surface area contributed by atoms with Gasteiger partial charge in [-0.3, -0.25) is 4.79 Å². The number of carbonyl (C=O) groups is 1. The summed E-state index contributed by atoms with van der Waals surface area (Å²) in [5.41, 5.74) is 6.28. The van der Waals surface area contributed by atoms with Crippen LogP contribution in [0.3, 0.4) is 0 Å². The van der Waals surface area contributed by atoms with Crippen LogP contribution in [0.25, 0.3) is 0 Å². The predicted molar refractivity (Wildman–Crippen MR) is 81.9 cm³/mol. The lowest BCUT2D eigenvalue weighted by Crippen LogP contribution is -2.33. The van der Waals surface area contributed by atoms with Crippen molar-refractivity contribution in [3.8, 4) is 5.75 Å². The van der Waals surface area contributed by atoms with E-state index in [2.05, 4.69) is 5.32 Å². The highest BCUT2D eigenvalue weighted by Crippen LogP contribution is 2.23. The second-order valence-electron chi connectivity index (χ2n) is 5.66. The van der Waals surface area contributed by atoms with Crippen molar-refractivity contribution in [3.05, 3.63) is 24.3 Å². The molecule has 1 saturated carbocycles. The standard InChI is InChI=1S/C16H24N2O3/c17-13-4-6-15(7-5-13)21-9-8-16(20)18-11-12-2-1-3-14(19)10-12/h4-7,12,14,19H,1-3,8-11,17H2,(H,18,20). The van der Waals surface area contributed by atoms with Gasteiger partial charge >= 0.3 is 0 Å². The largest absolute Gasteiger partial charge is 0.493 e. The van der Waals surface area contributed by atoms with Gasteiger partial charge in [-0.05, 0) is 49.4 Å². The van der Waals surface area contributed by atoms with E-state index in [1.807, 2.05) is 0 Å².